The fraction of sp³-hybridized carbons (Fsp3) is 0.417. The molecule has 1 heterocycles. The third-order valence-corrected chi connectivity index (χ3v) is 2.52. The van der Waals surface area contributed by atoms with Gasteiger partial charge in [-0.2, -0.15) is 4.74 Å². The second-order valence-corrected chi connectivity index (χ2v) is 3.88. The maximum atomic E-state index is 11.8. The van der Waals surface area contributed by atoms with Gasteiger partial charge in [0.05, 0.1) is 6.61 Å². The van der Waals surface area contributed by atoms with Crippen LogP contribution in [0.1, 0.15) is 6.92 Å². The molecule has 17 heavy (non-hydrogen) atoms. The molecule has 1 aromatic rings. The van der Waals surface area contributed by atoms with Crippen molar-refractivity contribution in [2.24, 2.45) is 0 Å². The Bertz CT molecular complexity index is 393. The zero-order chi connectivity index (χ0) is 12.3. The Kier molecular flexibility index (Phi) is 3.73. The molecule has 1 aliphatic heterocycles. The molecule has 0 radical (unpaired) electrons. The molecule has 1 aliphatic rings. The van der Waals surface area contributed by atoms with Crippen molar-refractivity contribution in [2.45, 2.75) is 25.4 Å². The first-order valence-electron chi connectivity index (χ1n) is 5.48. The number of ether oxygens (including phenoxy) is 2. The summed E-state index contributed by atoms with van der Waals surface area (Å²) in [5.74, 6) is 0. The van der Waals surface area contributed by atoms with Gasteiger partial charge in [0.25, 0.3) is 0 Å². The minimum atomic E-state index is -0.814. The smallest absolute Gasteiger partial charge is 0.216 e. The topological polar surface area (TPSA) is 64.8 Å². The molecule has 1 N–H and O–H groups in total. The molecular formula is C12H15NO4. The lowest BCUT2D eigenvalue weighted by Gasteiger charge is -2.29. The summed E-state index contributed by atoms with van der Waals surface area (Å²) >= 11 is 0. The van der Waals surface area contributed by atoms with Gasteiger partial charge < -0.3 is 19.8 Å². The molecule has 5 heteroatoms. The van der Waals surface area contributed by atoms with Gasteiger partial charge in [-0.1, -0.05) is 18.2 Å². The van der Waals surface area contributed by atoms with Crippen LogP contribution in [-0.4, -0.2) is 41.2 Å². The normalized spacial score (nSPS) is 30.2. The standard InChI is InChI=1S/C12H15NO4/c1-9-16-8-11(14)12(17-9)7-13(15)10-5-3-2-4-6-10/h2-7,9,11-12,14H,8H2,1H3/b13-7-/t9-,11-,12+/m1/s1. The number of hydrogen-bond acceptors (Lipinski definition) is 4. The van der Waals surface area contributed by atoms with E-state index in [4.69, 9.17) is 9.47 Å². The first-order valence-corrected chi connectivity index (χ1v) is 5.48. The van der Waals surface area contributed by atoms with E-state index in [0.717, 1.165) is 0 Å². The van der Waals surface area contributed by atoms with Gasteiger partial charge in [0, 0.05) is 12.1 Å². The number of nitrogens with zero attached hydrogens (tertiary/aromatic N) is 1. The molecule has 5 nitrogen and oxygen atoms in total. The van der Waals surface area contributed by atoms with Crippen LogP contribution < -0.4 is 0 Å². The fourth-order valence-electron chi connectivity index (χ4n) is 1.61. The Morgan fingerprint density at radius 3 is 2.82 bits per heavy atom. The summed E-state index contributed by atoms with van der Waals surface area (Å²) in [7, 11) is 0. The lowest BCUT2D eigenvalue weighted by Crippen LogP contribution is -2.44. The fourth-order valence-corrected chi connectivity index (χ4v) is 1.61. The molecule has 0 amide bonds. The Morgan fingerprint density at radius 2 is 2.12 bits per heavy atom. The van der Waals surface area contributed by atoms with Crippen molar-refractivity contribution in [3.63, 3.8) is 0 Å². The van der Waals surface area contributed by atoms with E-state index in [1.54, 1.807) is 31.2 Å². The number of aliphatic hydroxyl groups is 1. The second-order valence-electron chi connectivity index (χ2n) is 3.88. The van der Waals surface area contributed by atoms with Crippen LogP contribution in [0.15, 0.2) is 30.3 Å². The predicted molar refractivity (Wildman–Crippen MR) is 62.1 cm³/mol. The van der Waals surface area contributed by atoms with E-state index in [-0.39, 0.29) is 6.61 Å². The molecular weight excluding hydrogens is 222 g/mol. The van der Waals surface area contributed by atoms with Gasteiger partial charge in [0.1, 0.15) is 6.10 Å². The van der Waals surface area contributed by atoms with Gasteiger partial charge in [0.15, 0.2) is 18.6 Å². The zero-order valence-electron chi connectivity index (χ0n) is 9.52. The van der Waals surface area contributed by atoms with Crippen LogP contribution >= 0.6 is 0 Å². The summed E-state index contributed by atoms with van der Waals surface area (Å²) in [5, 5.41) is 21.4. The largest absolute Gasteiger partial charge is 0.618 e. The average Bonchev–Trinajstić information content (AvgIpc) is 2.35. The van der Waals surface area contributed by atoms with Gasteiger partial charge in [-0.25, -0.2) is 0 Å². The molecule has 0 saturated carbocycles. The SMILES string of the molecule is C[C@@H]1OC[C@@H](O)[C@H](/C=[N+](\[O-])c2ccccc2)O1. The zero-order valence-corrected chi connectivity index (χ0v) is 9.52. The second kappa shape index (κ2) is 5.27. The summed E-state index contributed by atoms with van der Waals surface area (Å²) in [6.07, 6.45) is -0.550. The number of benzene rings is 1. The van der Waals surface area contributed by atoms with Gasteiger partial charge in [-0.05, 0) is 6.92 Å². The Morgan fingerprint density at radius 1 is 1.41 bits per heavy atom. The highest BCUT2D eigenvalue weighted by Crippen LogP contribution is 2.14. The van der Waals surface area contributed by atoms with Gasteiger partial charge in [-0.15, -0.1) is 0 Å². The van der Waals surface area contributed by atoms with Crippen molar-refractivity contribution in [3.05, 3.63) is 35.5 Å². The number of rotatable bonds is 2. The van der Waals surface area contributed by atoms with Gasteiger partial charge in [0.2, 0.25) is 5.69 Å². The van der Waals surface area contributed by atoms with E-state index in [2.05, 4.69) is 0 Å². The van der Waals surface area contributed by atoms with Crippen molar-refractivity contribution < 1.29 is 19.3 Å². The highest BCUT2D eigenvalue weighted by atomic mass is 16.7. The van der Waals surface area contributed by atoms with E-state index < -0.39 is 18.5 Å². The third-order valence-electron chi connectivity index (χ3n) is 2.52. The minimum absolute atomic E-state index is 0.172. The molecule has 0 spiro atoms. The van der Waals surface area contributed by atoms with Crippen molar-refractivity contribution in [1.82, 2.24) is 0 Å². The quantitative estimate of drug-likeness (QED) is 0.361. The predicted octanol–water partition coefficient (Wildman–Crippen LogP) is 1.02. The van der Waals surface area contributed by atoms with Crippen LogP contribution in [-0.2, 0) is 9.47 Å². The van der Waals surface area contributed by atoms with Crippen molar-refractivity contribution in [1.29, 1.82) is 0 Å². The molecule has 92 valence electrons. The number of hydrogen-bond donors (Lipinski definition) is 1. The molecule has 0 unspecified atom stereocenters. The highest BCUT2D eigenvalue weighted by Gasteiger charge is 2.29. The van der Waals surface area contributed by atoms with Crippen LogP contribution in [0, 0.1) is 5.21 Å². The van der Waals surface area contributed by atoms with Crippen molar-refractivity contribution in [3.8, 4) is 0 Å². The molecule has 3 atom stereocenters. The molecule has 0 bridgehead atoms. The van der Waals surface area contributed by atoms with E-state index in [1.807, 2.05) is 6.07 Å². The molecule has 2 rings (SSSR count). The van der Waals surface area contributed by atoms with Gasteiger partial charge >= 0.3 is 0 Å². The van der Waals surface area contributed by atoms with Crippen LogP contribution in [0.4, 0.5) is 5.69 Å². The Balaban J connectivity index is 2.12. The Labute approximate surface area is 99.5 Å². The molecule has 0 aliphatic carbocycles. The van der Waals surface area contributed by atoms with Crippen LogP contribution in [0.25, 0.3) is 0 Å². The van der Waals surface area contributed by atoms with Crippen LogP contribution in [0.5, 0.6) is 0 Å². The lowest BCUT2D eigenvalue weighted by molar-refractivity contribution is -0.364. The summed E-state index contributed by atoms with van der Waals surface area (Å²) in [4.78, 5) is 0. The Hall–Kier alpha value is -1.43. The first kappa shape index (κ1) is 12.0. The summed E-state index contributed by atoms with van der Waals surface area (Å²) in [5.41, 5.74) is 0.502. The van der Waals surface area contributed by atoms with E-state index >= 15 is 0 Å². The molecule has 0 aromatic heterocycles. The number of aliphatic hydroxyl groups excluding tert-OH is 1. The lowest BCUT2D eigenvalue weighted by atomic mass is 10.2. The average molecular weight is 237 g/mol. The van der Waals surface area contributed by atoms with Crippen LogP contribution in [0.3, 0.4) is 0 Å². The van der Waals surface area contributed by atoms with Crippen LogP contribution in [0.2, 0.25) is 0 Å². The third kappa shape index (κ3) is 3.03. The molecule has 1 fully saturated rings. The monoisotopic (exact) mass is 237 g/mol. The van der Waals surface area contributed by atoms with E-state index in [0.29, 0.717) is 10.4 Å². The van der Waals surface area contributed by atoms with E-state index in [1.165, 1.54) is 6.21 Å². The summed E-state index contributed by atoms with van der Waals surface area (Å²) in [6.45, 7) is 1.90. The summed E-state index contributed by atoms with van der Waals surface area (Å²) < 4.78 is 11.1. The maximum Gasteiger partial charge on any atom is 0.216 e. The summed E-state index contributed by atoms with van der Waals surface area (Å²) in [6, 6.07) is 8.77. The van der Waals surface area contributed by atoms with Gasteiger partial charge in [-0.3, -0.25) is 0 Å². The highest BCUT2D eigenvalue weighted by molar-refractivity contribution is 5.61. The minimum Gasteiger partial charge on any atom is -0.618 e. The molecule has 1 aromatic carbocycles. The van der Waals surface area contributed by atoms with Crippen molar-refractivity contribution >= 4 is 11.9 Å². The van der Waals surface area contributed by atoms with E-state index in [9.17, 15) is 10.3 Å². The molecule has 1 saturated heterocycles. The maximum absolute atomic E-state index is 11.8. The number of para-hydroxylation sites is 1. The van der Waals surface area contributed by atoms with Crippen molar-refractivity contribution in [2.75, 3.05) is 6.61 Å². The first-order chi connectivity index (χ1) is 8.16.